The molecule has 28 heavy (non-hydrogen) atoms. The third-order valence-corrected chi connectivity index (χ3v) is 4.93. The molecule has 0 aliphatic heterocycles. The Bertz CT molecular complexity index is 819. The summed E-state index contributed by atoms with van der Waals surface area (Å²) in [5, 5.41) is 6.36. The molecular weight excluding hydrogens is 356 g/mol. The lowest BCUT2D eigenvalue weighted by molar-refractivity contribution is 0.0932. The highest BCUT2D eigenvalue weighted by Gasteiger charge is 2.19. The van der Waals surface area contributed by atoms with Gasteiger partial charge in [-0.25, -0.2) is 9.97 Å². The Kier molecular flexibility index (Phi) is 6.68. The Labute approximate surface area is 165 Å². The number of carbonyl (C=O) groups excluding carboxylic acids is 1. The van der Waals surface area contributed by atoms with E-state index in [0.717, 1.165) is 24.8 Å². The molecule has 1 aromatic heterocycles. The second-order valence-corrected chi connectivity index (χ2v) is 7.01. The number of rotatable bonds is 8. The Hall–Kier alpha value is -2.83. The zero-order valence-electron chi connectivity index (χ0n) is 16.7. The highest BCUT2D eigenvalue weighted by Crippen LogP contribution is 2.27. The first-order valence-corrected chi connectivity index (χ1v) is 9.70. The first-order chi connectivity index (χ1) is 13.6. The van der Waals surface area contributed by atoms with Crippen LogP contribution in [0.1, 0.15) is 47.6 Å². The van der Waals surface area contributed by atoms with Crippen LogP contribution in [0.3, 0.4) is 0 Å². The van der Waals surface area contributed by atoms with Gasteiger partial charge in [-0.1, -0.05) is 18.9 Å². The zero-order chi connectivity index (χ0) is 19.9. The van der Waals surface area contributed by atoms with Crippen LogP contribution in [-0.2, 0) is 6.42 Å². The summed E-state index contributed by atoms with van der Waals surface area (Å²) in [4.78, 5) is 21.2. The average Bonchev–Trinajstić information content (AvgIpc) is 3.20. The van der Waals surface area contributed by atoms with Gasteiger partial charge in [-0.2, -0.15) is 0 Å². The third-order valence-electron chi connectivity index (χ3n) is 4.93. The lowest BCUT2D eigenvalue weighted by Crippen LogP contribution is -2.33. The van der Waals surface area contributed by atoms with E-state index in [-0.39, 0.29) is 11.9 Å². The van der Waals surface area contributed by atoms with Crippen molar-refractivity contribution in [2.45, 2.75) is 45.1 Å². The number of amides is 1. The first kappa shape index (κ1) is 19.9. The number of hydrogen-bond acceptors (Lipinski definition) is 6. The highest BCUT2D eigenvalue weighted by molar-refractivity contribution is 5.93. The minimum Gasteiger partial charge on any atom is -0.493 e. The van der Waals surface area contributed by atoms with Crippen LogP contribution in [-0.4, -0.2) is 42.7 Å². The number of benzene rings is 1. The Morgan fingerprint density at radius 3 is 2.57 bits per heavy atom. The van der Waals surface area contributed by atoms with Crippen LogP contribution in [0.2, 0.25) is 0 Å². The predicted octanol–water partition coefficient (Wildman–Crippen LogP) is 3.13. The van der Waals surface area contributed by atoms with Gasteiger partial charge in [0.25, 0.3) is 5.91 Å². The molecule has 0 spiro atoms. The number of ether oxygens (including phenoxy) is 2. The molecule has 1 saturated carbocycles. The van der Waals surface area contributed by atoms with E-state index in [9.17, 15) is 4.79 Å². The van der Waals surface area contributed by atoms with Crippen molar-refractivity contribution in [3.8, 4) is 11.5 Å². The molecule has 0 unspecified atom stereocenters. The Balaban J connectivity index is 1.59. The van der Waals surface area contributed by atoms with Crippen molar-refractivity contribution < 1.29 is 14.3 Å². The Morgan fingerprint density at radius 2 is 1.86 bits per heavy atom. The summed E-state index contributed by atoms with van der Waals surface area (Å²) in [6.07, 6.45) is 5.24. The van der Waals surface area contributed by atoms with Gasteiger partial charge < -0.3 is 20.1 Å². The van der Waals surface area contributed by atoms with Crippen LogP contribution in [0.5, 0.6) is 11.5 Å². The fourth-order valence-corrected chi connectivity index (χ4v) is 3.48. The largest absolute Gasteiger partial charge is 0.493 e. The minimum absolute atomic E-state index is 0.125. The molecule has 7 heteroatoms. The maximum atomic E-state index is 12.5. The van der Waals surface area contributed by atoms with Crippen molar-refractivity contribution in [1.29, 1.82) is 0 Å². The maximum absolute atomic E-state index is 12.5. The summed E-state index contributed by atoms with van der Waals surface area (Å²) in [5.41, 5.74) is 1.53. The second-order valence-electron chi connectivity index (χ2n) is 7.01. The molecule has 2 aromatic rings. The summed E-state index contributed by atoms with van der Waals surface area (Å²) in [6, 6.07) is 7.85. The smallest absolute Gasteiger partial charge is 0.270 e. The van der Waals surface area contributed by atoms with E-state index in [1.54, 1.807) is 27.2 Å². The van der Waals surface area contributed by atoms with E-state index >= 15 is 0 Å². The summed E-state index contributed by atoms with van der Waals surface area (Å²) in [5.74, 6) is 2.53. The molecule has 7 nitrogen and oxygen atoms in total. The van der Waals surface area contributed by atoms with Gasteiger partial charge >= 0.3 is 0 Å². The van der Waals surface area contributed by atoms with Gasteiger partial charge in [0, 0.05) is 18.7 Å². The fourth-order valence-electron chi connectivity index (χ4n) is 3.48. The van der Waals surface area contributed by atoms with Crippen LogP contribution in [0.15, 0.2) is 24.3 Å². The molecule has 3 rings (SSSR count). The number of hydrogen-bond donors (Lipinski definition) is 2. The number of aryl methyl sites for hydroxylation is 1. The van der Waals surface area contributed by atoms with Crippen LogP contribution in [0.4, 0.5) is 5.82 Å². The number of carbonyl (C=O) groups is 1. The van der Waals surface area contributed by atoms with Crippen LogP contribution >= 0.6 is 0 Å². The third kappa shape index (κ3) is 5.12. The monoisotopic (exact) mass is 384 g/mol. The fraction of sp³-hybridized carbons (Fsp3) is 0.476. The summed E-state index contributed by atoms with van der Waals surface area (Å²) in [6.45, 7) is 2.47. The number of anilines is 1. The topological polar surface area (TPSA) is 85.4 Å². The van der Waals surface area contributed by atoms with Crippen molar-refractivity contribution in [3.63, 3.8) is 0 Å². The Morgan fingerprint density at radius 1 is 1.11 bits per heavy atom. The van der Waals surface area contributed by atoms with E-state index < -0.39 is 0 Å². The number of nitrogens with zero attached hydrogens (tertiary/aromatic N) is 2. The van der Waals surface area contributed by atoms with E-state index in [4.69, 9.17) is 9.47 Å². The van der Waals surface area contributed by atoms with Gasteiger partial charge in [0.05, 0.1) is 14.2 Å². The second kappa shape index (κ2) is 9.39. The van der Waals surface area contributed by atoms with E-state index in [0.29, 0.717) is 35.4 Å². The minimum atomic E-state index is -0.125. The summed E-state index contributed by atoms with van der Waals surface area (Å²) < 4.78 is 10.6. The van der Waals surface area contributed by atoms with Crippen molar-refractivity contribution in [2.24, 2.45) is 0 Å². The highest BCUT2D eigenvalue weighted by atomic mass is 16.5. The van der Waals surface area contributed by atoms with E-state index in [2.05, 4.69) is 20.6 Å². The normalized spacial score (nSPS) is 14.0. The van der Waals surface area contributed by atoms with Gasteiger partial charge in [0.2, 0.25) is 0 Å². The molecule has 150 valence electrons. The molecule has 0 bridgehead atoms. The van der Waals surface area contributed by atoms with Gasteiger partial charge in [0.15, 0.2) is 11.5 Å². The van der Waals surface area contributed by atoms with Gasteiger partial charge in [-0.05, 0) is 43.9 Å². The SMILES string of the molecule is COc1ccc(CCNc2cc(C(=O)NC3CCCC3)nc(C)n2)cc1OC. The summed E-state index contributed by atoms with van der Waals surface area (Å²) in [7, 11) is 3.25. The molecule has 1 amide bonds. The predicted molar refractivity (Wildman–Crippen MR) is 108 cm³/mol. The van der Waals surface area contributed by atoms with Crippen molar-refractivity contribution >= 4 is 11.7 Å². The molecule has 1 aliphatic rings. The lowest BCUT2D eigenvalue weighted by Gasteiger charge is -2.13. The molecule has 0 atom stereocenters. The number of methoxy groups -OCH3 is 2. The van der Waals surface area contributed by atoms with Gasteiger partial charge in [0.1, 0.15) is 17.3 Å². The van der Waals surface area contributed by atoms with Crippen LogP contribution in [0, 0.1) is 6.92 Å². The molecule has 0 radical (unpaired) electrons. The molecule has 1 heterocycles. The van der Waals surface area contributed by atoms with E-state index in [1.165, 1.54) is 12.8 Å². The van der Waals surface area contributed by atoms with E-state index in [1.807, 2.05) is 18.2 Å². The summed E-state index contributed by atoms with van der Waals surface area (Å²) >= 11 is 0. The van der Waals surface area contributed by atoms with Crippen LogP contribution in [0.25, 0.3) is 0 Å². The number of nitrogens with one attached hydrogen (secondary N) is 2. The van der Waals surface area contributed by atoms with Crippen molar-refractivity contribution in [1.82, 2.24) is 15.3 Å². The van der Waals surface area contributed by atoms with Crippen molar-refractivity contribution in [3.05, 3.63) is 41.3 Å². The quantitative estimate of drug-likeness (QED) is 0.727. The standard InChI is InChI=1S/C21H28N4O3/c1-14-23-17(21(26)25-16-6-4-5-7-16)13-20(24-14)22-11-10-15-8-9-18(27-2)19(12-15)28-3/h8-9,12-13,16H,4-7,10-11H2,1-3H3,(H,25,26)(H,22,23,24). The molecule has 1 aromatic carbocycles. The van der Waals surface area contributed by atoms with Gasteiger partial charge in [-0.15, -0.1) is 0 Å². The zero-order valence-corrected chi connectivity index (χ0v) is 16.7. The molecular formula is C21H28N4O3. The molecule has 0 saturated heterocycles. The molecule has 2 N–H and O–H groups in total. The first-order valence-electron chi connectivity index (χ1n) is 9.70. The lowest BCUT2D eigenvalue weighted by atomic mass is 10.1. The number of aromatic nitrogens is 2. The van der Waals surface area contributed by atoms with Gasteiger partial charge in [-0.3, -0.25) is 4.79 Å². The average molecular weight is 384 g/mol. The van der Waals surface area contributed by atoms with Crippen molar-refractivity contribution in [2.75, 3.05) is 26.1 Å². The maximum Gasteiger partial charge on any atom is 0.270 e. The molecule has 1 aliphatic carbocycles. The van der Waals surface area contributed by atoms with Crippen LogP contribution < -0.4 is 20.1 Å². The molecule has 1 fully saturated rings.